The largest absolute Gasteiger partial charge is 0.352 e. The first-order valence-corrected chi connectivity index (χ1v) is 9.36. The van der Waals surface area contributed by atoms with Crippen LogP contribution in [-0.2, 0) is 19.6 Å². The zero-order chi connectivity index (χ0) is 20.5. The van der Waals surface area contributed by atoms with Crippen molar-refractivity contribution in [1.82, 2.24) is 20.4 Å². The number of guanidine groups is 1. The number of rotatable bonds is 7. The molecule has 0 aromatic heterocycles. The Hall–Kier alpha value is -2.13. The third-order valence-corrected chi connectivity index (χ3v) is 4.24. The van der Waals surface area contributed by atoms with Gasteiger partial charge in [-0.2, -0.15) is 0 Å². The molecule has 158 valence electrons. The Bertz CT molecular complexity index is 803. The molecule has 2 aromatic carbocycles. The van der Waals surface area contributed by atoms with E-state index in [2.05, 4.69) is 58.9 Å². The van der Waals surface area contributed by atoms with Gasteiger partial charge in [-0.25, -0.2) is 0 Å². The van der Waals surface area contributed by atoms with Crippen LogP contribution in [-0.4, -0.2) is 56.9 Å². The van der Waals surface area contributed by atoms with E-state index in [4.69, 9.17) is 0 Å². The molecule has 1 amide bonds. The van der Waals surface area contributed by atoms with Crippen molar-refractivity contribution >= 4 is 35.8 Å². The number of aliphatic imine (C=N–C) groups is 1. The molecule has 0 heterocycles. The molecule has 6 nitrogen and oxygen atoms in total. The number of amides is 1. The number of nitrogens with zero attached hydrogens (tertiary/aromatic N) is 3. The van der Waals surface area contributed by atoms with E-state index in [0.717, 1.165) is 18.1 Å². The van der Waals surface area contributed by atoms with Crippen molar-refractivity contribution in [2.45, 2.75) is 19.6 Å². The summed E-state index contributed by atoms with van der Waals surface area (Å²) in [7, 11) is 9.41. The third kappa shape index (κ3) is 8.41. The maximum absolute atomic E-state index is 11.9. The summed E-state index contributed by atoms with van der Waals surface area (Å²) in [6, 6.07) is 16.2. The zero-order valence-electron chi connectivity index (χ0n) is 17.9. The molecule has 0 atom stereocenters. The van der Waals surface area contributed by atoms with Gasteiger partial charge in [-0.15, -0.1) is 24.0 Å². The van der Waals surface area contributed by atoms with E-state index in [1.165, 1.54) is 11.1 Å². The molecule has 0 saturated carbocycles. The Morgan fingerprint density at radius 1 is 0.897 bits per heavy atom. The monoisotopic (exact) mass is 509 g/mol. The minimum atomic E-state index is 0. The van der Waals surface area contributed by atoms with Crippen molar-refractivity contribution < 1.29 is 4.79 Å². The zero-order valence-corrected chi connectivity index (χ0v) is 20.2. The van der Waals surface area contributed by atoms with Crippen LogP contribution >= 0.6 is 24.0 Å². The molecule has 7 heteroatoms. The second kappa shape index (κ2) is 12.4. The highest BCUT2D eigenvalue weighted by Crippen LogP contribution is 2.08. The minimum absolute atomic E-state index is 0. The quantitative estimate of drug-likeness (QED) is 0.343. The van der Waals surface area contributed by atoms with Crippen LogP contribution in [0.5, 0.6) is 0 Å². The van der Waals surface area contributed by atoms with E-state index in [1.54, 1.807) is 26.0 Å². The molecule has 0 fully saturated rings. The average molecular weight is 509 g/mol. The van der Waals surface area contributed by atoms with Gasteiger partial charge in [-0.05, 0) is 42.9 Å². The number of nitrogens with one attached hydrogen (secondary N) is 2. The maximum Gasteiger partial charge on any atom is 0.253 e. The average Bonchev–Trinajstić information content (AvgIpc) is 2.67. The van der Waals surface area contributed by atoms with Gasteiger partial charge in [0.05, 0.1) is 0 Å². The molecule has 29 heavy (non-hydrogen) atoms. The van der Waals surface area contributed by atoms with E-state index >= 15 is 0 Å². The van der Waals surface area contributed by atoms with Gasteiger partial charge in [0.15, 0.2) is 5.96 Å². The first-order chi connectivity index (χ1) is 13.4. The lowest BCUT2D eigenvalue weighted by molar-refractivity contribution is 0.0827. The minimum Gasteiger partial charge on any atom is -0.352 e. The lowest BCUT2D eigenvalue weighted by atomic mass is 10.1. The first-order valence-electron chi connectivity index (χ1n) is 9.36. The topological polar surface area (TPSA) is 60.0 Å². The number of carbonyl (C=O) groups is 1. The van der Waals surface area contributed by atoms with Crippen LogP contribution in [0.3, 0.4) is 0 Å². The fraction of sp³-hybridized carbons (Fsp3) is 0.364. The van der Waals surface area contributed by atoms with Gasteiger partial charge < -0.3 is 20.4 Å². The van der Waals surface area contributed by atoms with Crippen LogP contribution in [0.1, 0.15) is 27.0 Å². The molecule has 0 radical (unpaired) electrons. The summed E-state index contributed by atoms with van der Waals surface area (Å²) in [5.74, 6) is 0.750. The molecular weight excluding hydrogens is 477 g/mol. The summed E-state index contributed by atoms with van der Waals surface area (Å²) in [5, 5.41) is 6.66. The van der Waals surface area contributed by atoms with Gasteiger partial charge in [-0.3, -0.25) is 9.79 Å². The van der Waals surface area contributed by atoms with Crippen LogP contribution in [0.4, 0.5) is 0 Å². The molecule has 0 unspecified atom stereocenters. The Morgan fingerprint density at radius 3 is 2.03 bits per heavy atom. The second-order valence-electron chi connectivity index (χ2n) is 7.23. The van der Waals surface area contributed by atoms with E-state index in [-0.39, 0.29) is 29.9 Å². The summed E-state index contributed by atoms with van der Waals surface area (Å²) < 4.78 is 0. The van der Waals surface area contributed by atoms with Crippen LogP contribution in [0.15, 0.2) is 53.5 Å². The number of carbonyl (C=O) groups excluding carboxylic acids is 1. The second-order valence-corrected chi connectivity index (χ2v) is 7.23. The predicted octanol–water partition coefficient (Wildman–Crippen LogP) is 2.93. The van der Waals surface area contributed by atoms with Gasteiger partial charge in [0.1, 0.15) is 0 Å². The van der Waals surface area contributed by atoms with Crippen molar-refractivity contribution in [3.05, 3.63) is 70.8 Å². The number of halogens is 1. The van der Waals surface area contributed by atoms with E-state index < -0.39 is 0 Å². The van der Waals surface area contributed by atoms with E-state index in [9.17, 15) is 4.79 Å². The molecule has 0 saturated heterocycles. The van der Waals surface area contributed by atoms with Crippen LogP contribution in [0.2, 0.25) is 0 Å². The standard InChI is InChI=1S/C22H31N5O.HI/c1-23-22(25-15-18-7-6-8-19(13-18)16-26(2)3)24-14-17-9-11-20(12-10-17)21(28)27(4)5;/h6-13H,14-16H2,1-5H3,(H2,23,24,25);1H. The van der Waals surface area contributed by atoms with Crippen LogP contribution in [0.25, 0.3) is 0 Å². The predicted molar refractivity (Wildman–Crippen MR) is 131 cm³/mol. The molecule has 0 aliphatic rings. The SMILES string of the molecule is CN=C(NCc1ccc(C(=O)N(C)C)cc1)NCc1cccc(CN(C)C)c1.I. The van der Waals surface area contributed by atoms with Gasteiger partial charge in [-0.1, -0.05) is 36.4 Å². The van der Waals surface area contributed by atoms with Gasteiger partial charge in [0, 0.05) is 46.3 Å². The highest BCUT2D eigenvalue weighted by molar-refractivity contribution is 14.0. The number of hydrogen-bond donors (Lipinski definition) is 2. The van der Waals surface area contributed by atoms with Gasteiger partial charge in [0.25, 0.3) is 5.91 Å². The lowest BCUT2D eigenvalue weighted by Gasteiger charge is -2.14. The smallest absolute Gasteiger partial charge is 0.253 e. The van der Waals surface area contributed by atoms with Crippen molar-refractivity contribution in [2.24, 2.45) is 4.99 Å². The molecule has 2 N–H and O–H groups in total. The Morgan fingerprint density at radius 2 is 1.48 bits per heavy atom. The fourth-order valence-corrected chi connectivity index (χ4v) is 2.82. The Kier molecular flexibility index (Phi) is 10.7. The highest BCUT2D eigenvalue weighted by Gasteiger charge is 2.07. The fourth-order valence-electron chi connectivity index (χ4n) is 2.82. The maximum atomic E-state index is 11.9. The van der Waals surface area contributed by atoms with Gasteiger partial charge >= 0.3 is 0 Å². The molecule has 2 rings (SSSR count). The van der Waals surface area contributed by atoms with Crippen LogP contribution < -0.4 is 10.6 Å². The first kappa shape index (κ1) is 24.9. The van der Waals surface area contributed by atoms with Crippen LogP contribution in [0, 0.1) is 0 Å². The number of hydrogen-bond acceptors (Lipinski definition) is 3. The third-order valence-electron chi connectivity index (χ3n) is 4.24. The molecular formula is C22H32IN5O. The summed E-state index contributed by atoms with van der Waals surface area (Å²) in [5.41, 5.74) is 4.29. The summed E-state index contributed by atoms with van der Waals surface area (Å²) >= 11 is 0. The van der Waals surface area contributed by atoms with Crippen molar-refractivity contribution in [1.29, 1.82) is 0 Å². The van der Waals surface area contributed by atoms with Crippen molar-refractivity contribution in [3.63, 3.8) is 0 Å². The molecule has 0 aliphatic carbocycles. The Balaban J connectivity index is 0.00000420. The molecule has 0 aliphatic heterocycles. The van der Waals surface area contributed by atoms with Crippen molar-refractivity contribution in [3.8, 4) is 0 Å². The van der Waals surface area contributed by atoms with Gasteiger partial charge in [0.2, 0.25) is 0 Å². The van der Waals surface area contributed by atoms with E-state index in [1.807, 2.05) is 24.3 Å². The Labute approximate surface area is 191 Å². The molecule has 0 bridgehead atoms. The lowest BCUT2D eigenvalue weighted by Crippen LogP contribution is -2.36. The molecule has 0 spiro atoms. The summed E-state index contributed by atoms with van der Waals surface area (Å²) in [6.45, 7) is 2.27. The van der Waals surface area contributed by atoms with E-state index in [0.29, 0.717) is 18.7 Å². The summed E-state index contributed by atoms with van der Waals surface area (Å²) in [4.78, 5) is 20.0. The van der Waals surface area contributed by atoms with Crippen molar-refractivity contribution in [2.75, 3.05) is 35.2 Å². The normalized spacial score (nSPS) is 11.0. The number of benzene rings is 2. The molecule has 2 aromatic rings. The summed E-state index contributed by atoms with van der Waals surface area (Å²) in [6.07, 6.45) is 0. The highest BCUT2D eigenvalue weighted by atomic mass is 127.